The molecular formula is C22H16F6N4OS. The number of nitrogens with one attached hydrogen (secondary N) is 1. The summed E-state index contributed by atoms with van der Waals surface area (Å²) in [7, 11) is 0. The fourth-order valence-electron chi connectivity index (χ4n) is 3.47. The van der Waals surface area contributed by atoms with E-state index in [1.807, 2.05) is 11.4 Å². The maximum atomic E-state index is 13.3. The molecule has 3 aromatic rings. The summed E-state index contributed by atoms with van der Waals surface area (Å²) in [5, 5.41) is 5.15. The first-order chi connectivity index (χ1) is 15.9. The van der Waals surface area contributed by atoms with E-state index in [9.17, 15) is 31.1 Å². The van der Waals surface area contributed by atoms with Gasteiger partial charge in [0.2, 0.25) is 5.91 Å². The van der Waals surface area contributed by atoms with Crippen molar-refractivity contribution in [3.63, 3.8) is 0 Å². The molecule has 0 atom stereocenters. The number of rotatable bonds is 4. The highest BCUT2D eigenvalue weighted by atomic mass is 32.1. The molecule has 34 heavy (non-hydrogen) atoms. The van der Waals surface area contributed by atoms with Crippen LogP contribution in [0.3, 0.4) is 0 Å². The maximum Gasteiger partial charge on any atom is 0.416 e. The zero-order valence-corrected chi connectivity index (χ0v) is 18.0. The van der Waals surface area contributed by atoms with E-state index in [4.69, 9.17) is 5.73 Å². The van der Waals surface area contributed by atoms with Crippen LogP contribution in [0.2, 0.25) is 0 Å². The van der Waals surface area contributed by atoms with Crippen LogP contribution in [-0.2, 0) is 23.6 Å². The molecule has 178 valence electrons. The Labute approximate surface area is 192 Å². The summed E-state index contributed by atoms with van der Waals surface area (Å²) in [6.45, 7) is 0.305. The van der Waals surface area contributed by atoms with E-state index in [0.29, 0.717) is 36.0 Å². The Morgan fingerprint density at radius 2 is 1.74 bits per heavy atom. The van der Waals surface area contributed by atoms with Crippen LogP contribution in [0.25, 0.3) is 5.82 Å². The Balaban J connectivity index is 1.49. The van der Waals surface area contributed by atoms with Gasteiger partial charge in [-0.25, -0.2) is 0 Å². The number of amides is 1. The van der Waals surface area contributed by atoms with Gasteiger partial charge in [0.1, 0.15) is 17.2 Å². The van der Waals surface area contributed by atoms with Crippen LogP contribution in [0.5, 0.6) is 0 Å². The van der Waals surface area contributed by atoms with Crippen molar-refractivity contribution in [2.75, 3.05) is 16.9 Å². The molecule has 0 saturated carbocycles. The van der Waals surface area contributed by atoms with Gasteiger partial charge in [-0.1, -0.05) is 6.07 Å². The van der Waals surface area contributed by atoms with Gasteiger partial charge >= 0.3 is 12.4 Å². The van der Waals surface area contributed by atoms with Crippen molar-refractivity contribution in [1.82, 2.24) is 0 Å². The topological polar surface area (TPSA) is 70.7 Å². The first-order valence-corrected chi connectivity index (χ1v) is 10.6. The van der Waals surface area contributed by atoms with Gasteiger partial charge < -0.3 is 16.0 Å². The molecule has 1 aliphatic heterocycles. The van der Waals surface area contributed by atoms with Crippen molar-refractivity contribution in [3.05, 3.63) is 80.5 Å². The van der Waals surface area contributed by atoms with E-state index in [0.717, 1.165) is 9.89 Å². The standard InChI is InChI=1S/C22H16F6N4OS/c23-21(24,25)13-2-1-12(17(10-13)22(26,27)28)9-18(33)31-14-3-5-15(6-4-14)32-11-30-20-16(19(32)29)7-8-34-20/h1-8,10H,9,11,29H2,(H,31,33). The van der Waals surface area contributed by atoms with Crippen LogP contribution >= 0.6 is 11.3 Å². The molecule has 0 fully saturated rings. The largest absolute Gasteiger partial charge is 0.416 e. The third-order valence-electron chi connectivity index (χ3n) is 5.12. The smallest absolute Gasteiger partial charge is 0.384 e. The van der Waals surface area contributed by atoms with E-state index in [-0.39, 0.29) is 6.07 Å². The van der Waals surface area contributed by atoms with Gasteiger partial charge in [0, 0.05) is 11.4 Å². The van der Waals surface area contributed by atoms with E-state index >= 15 is 0 Å². The highest BCUT2D eigenvalue weighted by Crippen LogP contribution is 2.37. The molecule has 1 aromatic heterocycles. The van der Waals surface area contributed by atoms with Crippen LogP contribution in [0.1, 0.15) is 16.7 Å². The molecule has 2 heterocycles. The molecule has 0 bridgehead atoms. The molecule has 0 spiro atoms. The van der Waals surface area contributed by atoms with Crippen LogP contribution in [0.15, 0.2) is 58.9 Å². The summed E-state index contributed by atoms with van der Waals surface area (Å²) in [6.07, 6.45) is -10.7. The second-order valence-electron chi connectivity index (χ2n) is 7.39. The number of nitrogens with two attached hydrogens (primary N) is 1. The number of hydrogen-bond acceptors (Lipinski definition) is 5. The van der Waals surface area contributed by atoms with Crippen molar-refractivity contribution >= 4 is 34.4 Å². The fraction of sp³-hybridized carbons (Fsp3) is 0.182. The van der Waals surface area contributed by atoms with Gasteiger partial charge in [-0.2, -0.15) is 26.3 Å². The number of halogens is 6. The third kappa shape index (κ3) is 4.86. The number of thiophene rings is 1. The molecule has 0 saturated heterocycles. The lowest BCUT2D eigenvalue weighted by atomic mass is 10.00. The number of carbonyl (C=O) groups excluding carboxylic acids is 1. The summed E-state index contributed by atoms with van der Waals surface area (Å²) in [5.74, 6) is -0.287. The minimum absolute atomic E-state index is 0.0148. The zero-order chi connectivity index (χ0) is 24.7. The predicted octanol–water partition coefficient (Wildman–Crippen LogP) is 4.09. The van der Waals surface area contributed by atoms with Crippen molar-refractivity contribution in [3.8, 4) is 0 Å². The monoisotopic (exact) mass is 498 g/mol. The molecule has 0 radical (unpaired) electrons. The Hall–Kier alpha value is -3.54. The Kier molecular flexibility index (Phi) is 6.02. The summed E-state index contributed by atoms with van der Waals surface area (Å²) < 4.78 is 79.2. The highest BCUT2D eigenvalue weighted by molar-refractivity contribution is 7.07. The Bertz CT molecular complexity index is 1350. The summed E-state index contributed by atoms with van der Waals surface area (Å²) in [5.41, 5.74) is 3.72. The third-order valence-corrected chi connectivity index (χ3v) is 5.97. The number of benzene rings is 2. The maximum absolute atomic E-state index is 13.3. The molecular weight excluding hydrogens is 482 g/mol. The number of fused-ring (bicyclic) bond motifs is 1. The van der Waals surface area contributed by atoms with Crippen molar-refractivity contribution in [2.24, 2.45) is 10.7 Å². The van der Waals surface area contributed by atoms with Gasteiger partial charge in [0.15, 0.2) is 0 Å². The van der Waals surface area contributed by atoms with Crippen LogP contribution < -0.4 is 25.8 Å². The number of alkyl halides is 6. The first kappa shape index (κ1) is 23.6. The summed E-state index contributed by atoms with van der Waals surface area (Å²) in [6, 6.07) is 9.48. The summed E-state index contributed by atoms with van der Waals surface area (Å²) >= 11 is 1.47. The Morgan fingerprint density at radius 3 is 2.38 bits per heavy atom. The van der Waals surface area contributed by atoms with E-state index in [2.05, 4.69) is 10.3 Å². The van der Waals surface area contributed by atoms with Crippen molar-refractivity contribution < 1.29 is 31.1 Å². The van der Waals surface area contributed by atoms with E-state index in [1.165, 1.54) is 11.3 Å². The van der Waals surface area contributed by atoms with Gasteiger partial charge in [-0.15, -0.1) is 11.3 Å². The second-order valence-corrected chi connectivity index (χ2v) is 8.29. The quantitative estimate of drug-likeness (QED) is 0.533. The van der Waals surface area contributed by atoms with E-state index in [1.54, 1.807) is 29.2 Å². The van der Waals surface area contributed by atoms with Crippen LogP contribution in [0.4, 0.5) is 37.7 Å². The lowest BCUT2D eigenvalue weighted by molar-refractivity contribution is -0.143. The molecule has 12 heteroatoms. The number of carbonyl (C=O) groups is 1. The number of nitrogens with zero attached hydrogens (tertiary/aromatic N) is 2. The van der Waals surface area contributed by atoms with Crippen LogP contribution in [0, 0.1) is 0 Å². The molecule has 1 aliphatic rings. The first-order valence-electron chi connectivity index (χ1n) is 9.76. The second kappa shape index (κ2) is 8.67. The minimum Gasteiger partial charge on any atom is -0.384 e. The minimum atomic E-state index is -5.04. The number of hydrogen-bond donors (Lipinski definition) is 2. The average Bonchev–Trinajstić information content (AvgIpc) is 3.23. The van der Waals surface area contributed by atoms with Crippen LogP contribution in [-0.4, -0.2) is 12.6 Å². The fourth-order valence-corrected chi connectivity index (χ4v) is 4.23. The van der Waals surface area contributed by atoms with Gasteiger partial charge in [0.25, 0.3) is 0 Å². The van der Waals surface area contributed by atoms with Gasteiger partial charge in [0.05, 0.1) is 22.8 Å². The van der Waals surface area contributed by atoms with Crippen molar-refractivity contribution in [1.29, 1.82) is 0 Å². The molecule has 4 rings (SSSR count). The molecule has 0 aliphatic carbocycles. The Morgan fingerprint density at radius 1 is 1.03 bits per heavy atom. The normalized spacial score (nSPS) is 13.9. The molecule has 3 N–H and O–H groups in total. The van der Waals surface area contributed by atoms with Crippen molar-refractivity contribution in [2.45, 2.75) is 18.8 Å². The molecule has 2 aromatic carbocycles. The SMILES string of the molecule is NC1=c2ccsc2=NCN1c1ccc(NC(=O)Cc2ccc(C(F)(F)F)cc2C(F)(F)F)cc1. The lowest BCUT2D eigenvalue weighted by Crippen LogP contribution is -2.41. The zero-order valence-electron chi connectivity index (χ0n) is 17.2. The highest BCUT2D eigenvalue weighted by Gasteiger charge is 2.38. The lowest BCUT2D eigenvalue weighted by Gasteiger charge is -2.25. The van der Waals surface area contributed by atoms with Gasteiger partial charge in [-0.3, -0.25) is 9.79 Å². The predicted molar refractivity (Wildman–Crippen MR) is 115 cm³/mol. The molecule has 1 amide bonds. The van der Waals surface area contributed by atoms with Gasteiger partial charge in [-0.05, 0) is 53.4 Å². The molecule has 0 unspecified atom stereocenters. The molecule has 5 nitrogen and oxygen atoms in total. The average molecular weight is 498 g/mol. The van der Waals surface area contributed by atoms with E-state index < -0.39 is 41.4 Å². The number of anilines is 2. The summed E-state index contributed by atoms with van der Waals surface area (Å²) in [4.78, 5) is 18.5.